The van der Waals surface area contributed by atoms with E-state index in [4.69, 9.17) is 4.98 Å². The van der Waals surface area contributed by atoms with Crippen LogP contribution in [-0.2, 0) is 10.3 Å². The van der Waals surface area contributed by atoms with Gasteiger partial charge in [-0.3, -0.25) is 14.9 Å². The van der Waals surface area contributed by atoms with Crippen molar-refractivity contribution in [2.24, 2.45) is 0 Å². The van der Waals surface area contributed by atoms with Crippen LogP contribution >= 0.6 is 11.3 Å². The van der Waals surface area contributed by atoms with Gasteiger partial charge in [0.25, 0.3) is 11.8 Å². The number of thiophene rings is 1. The van der Waals surface area contributed by atoms with E-state index in [1.54, 1.807) is 31.2 Å². The lowest BCUT2D eigenvalue weighted by Crippen LogP contribution is -2.40. The van der Waals surface area contributed by atoms with E-state index in [0.29, 0.717) is 22.0 Å². The Morgan fingerprint density at radius 1 is 1.23 bits per heavy atom. The van der Waals surface area contributed by atoms with Crippen molar-refractivity contribution in [2.75, 3.05) is 5.32 Å². The van der Waals surface area contributed by atoms with Crippen molar-refractivity contribution in [2.45, 2.75) is 45.1 Å². The van der Waals surface area contributed by atoms with Gasteiger partial charge in [-0.25, -0.2) is 14.8 Å². The average molecular weight is 436 g/mol. The molecule has 9 heteroatoms. The van der Waals surface area contributed by atoms with Crippen LogP contribution in [0.3, 0.4) is 0 Å². The maximum atomic E-state index is 13.1. The lowest BCUT2D eigenvalue weighted by atomic mass is 9.92. The molecule has 1 aromatic carbocycles. The first-order chi connectivity index (χ1) is 14.8. The van der Waals surface area contributed by atoms with Crippen molar-refractivity contribution in [1.29, 1.82) is 0 Å². The quantitative estimate of drug-likeness (QED) is 0.543. The van der Waals surface area contributed by atoms with Crippen molar-refractivity contribution in [1.82, 2.24) is 20.6 Å². The van der Waals surface area contributed by atoms with E-state index >= 15 is 0 Å². The van der Waals surface area contributed by atoms with Crippen LogP contribution in [0, 0.1) is 13.8 Å². The van der Waals surface area contributed by atoms with Crippen molar-refractivity contribution < 1.29 is 14.4 Å². The van der Waals surface area contributed by atoms with E-state index in [2.05, 4.69) is 20.9 Å². The van der Waals surface area contributed by atoms with E-state index in [-0.39, 0.29) is 5.91 Å². The van der Waals surface area contributed by atoms with Crippen molar-refractivity contribution in [3.8, 4) is 0 Å². The first-order valence-electron chi connectivity index (χ1n) is 10.1. The highest BCUT2D eigenvalue weighted by Gasteiger charge is 2.43. The molecule has 0 bridgehead atoms. The number of amides is 4. The Balaban J connectivity index is 1.45. The first-order valence-corrected chi connectivity index (χ1v) is 10.9. The number of carbonyl (C=O) groups is 3. The smallest absolute Gasteiger partial charge is 0.321 e. The molecule has 3 N–H and O–H groups in total. The third kappa shape index (κ3) is 3.25. The summed E-state index contributed by atoms with van der Waals surface area (Å²) in [5.74, 6) is 0.646. The Bertz CT molecular complexity index is 1280. The van der Waals surface area contributed by atoms with E-state index in [9.17, 15) is 14.4 Å². The Labute approximate surface area is 182 Å². The fourth-order valence-corrected chi connectivity index (χ4v) is 5.08. The summed E-state index contributed by atoms with van der Waals surface area (Å²) in [5.41, 5.74) is 1.70. The number of aryl methyl sites for hydroxylation is 2. The molecule has 1 saturated heterocycles. The highest BCUT2D eigenvalue weighted by atomic mass is 32.1. The SMILES string of the molecule is Cc1nc(C2CC2)nc2sc(C(=O)Nc3cccc(C4(C)NC(=O)NC4=O)c3)c(C)c12. The average Bonchev–Trinajstić information content (AvgIpc) is 3.46. The van der Waals surface area contributed by atoms with Crippen LogP contribution in [-0.4, -0.2) is 27.8 Å². The maximum Gasteiger partial charge on any atom is 0.322 e. The summed E-state index contributed by atoms with van der Waals surface area (Å²) < 4.78 is 0. The molecule has 31 heavy (non-hydrogen) atoms. The number of nitrogens with one attached hydrogen (secondary N) is 3. The second-order valence-electron chi connectivity index (χ2n) is 8.25. The van der Waals surface area contributed by atoms with Crippen LogP contribution < -0.4 is 16.0 Å². The van der Waals surface area contributed by atoms with Crippen LogP contribution in [0.15, 0.2) is 24.3 Å². The van der Waals surface area contributed by atoms with Gasteiger partial charge in [0.05, 0.1) is 10.6 Å². The molecule has 5 rings (SSSR count). The Kier molecular flexibility index (Phi) is 4.33. The van der Waals surface area contributed by atoms with Crippen molar-refractivity contribution in [3.05, 3.63) is 51.8 Å². The third-order valence-corrected chi connectivity index (χ3v) is 7.06. The zero-order valence-electron chi connectivity index (χ0n) is 17.3. The van der Waals surface area contributed by atoms with Gasteiger partial charge in [-0.2, -0.15) is 0 Å². The number of carbonyl (C=O) groups excluding carboxylic acids is 3. The number of rotatable bonds is 4. The molecule has 3 heterocycles. The van der Waals surface area contributed by atoms with Gasteiger partial charge in [-0.05, 0) is 56.9 Å². The third-order valence-electron chi connectivity index (χ3n) is 5.88. The lowest BCUT2D eigenvalue weighted by molar-refractivity contribution is -0.123. The van der Waals surface area contributed by atoms with Gasteiger partial charge < -0.3 is 10.6 Å². The first kappa shape index (κ1) is 19.6. The van der Waals surface area contributed by atoms with Gasteiger partial charge in [0, 0.05) is 17.0 Å². The van der Waals surface area contributed by atoms with Gasteiger partial charge in [0.2, 0.25) is 0 Å². The minimum Gasteiger partial charge on any atom is -0.321 e. The largest absolute Gasteiger partial charge is 0.322 e. The highest BCUT2D eigenvalue weighted by molar-refractivity contribution is 7.20. The minimum absolute atomic E-state index is 0.241. The predicted molar refractivity (Wildman–Crippen MR) is 117 cm³/mol. The van der Waals surface area contributed by atoms with Gasteiger partial charge in [0.1, 0.15) is 16.2 Å². The predicted octanol–water partition coefficient (Wildman–Crippen LogP) is 3.49. The van der Waals surface area contributed by atoms with E-state index < -0.39 is 17.5 Å². The summed E-state index contributed by atoms with van der Waals surface area (Å²) in [7, 11) is 0. The van der Waals surface area contributed by atoms with Crippen LogP contribution in [0.2, 0.25) is 0 Å². The summed E-state index contributed by atoms with van der Waals surface area (Å²) in [4.78, 5) is 47.7. The van der Waals surface area contributed by atoms with E-state index in [0.717, 1.165) is 40.1 Å². The molecule has 1 saturated carbocycles. The molecule has 8 nitrogen and oxygen atoms in total. The number of hydrogen-bond donors (Lipinski definition) is 3. The summed E-state index contributed by atoms with van der Waals surface area (Å²) >= 11 is 1.37. The molecule has 0 spiro atoms. The van der Waals surface area contributed by atoms with Crippen LogP contribution in [0.4, 0.5) is 10.5 Å². The topological polar surface area (TPSA) is 113 Å². The number of urea groups is 1. The number of anilines is 1. The molecule has 1 aliphatic carbocycles. The molecular weight excluding hydrogens is 414 g/mol. The molecule has 1 aliphatic heterocycles. The minimum atomic E-state index is -1.18. The normalized spacial score (nSPS) is 20.6. The Hall–Kier alpha value is -3.33. The second-order valence-corrected chi connectivity index (χ2v) is 9.25. The number of imide groups is 1. The van der Waals surface area contributed by atoms with Gasteiger partial charge in [-0.15, -0.1) is 11.3 Å². The number of aromatic nitrogens is 2. The molecular formula is C22H21N5O3S. The monoisotopic (exact) mass is 435 g/mol. The standard InChI is InChI=1S/C22H21N5O3S/c1-10-15-11(2)23-17(12-7-8-12)25-19(15)31-16(10)18(28)24-14-6-4-5-13(9-14)22(3)20(29)26-21(30)27-22/h4-6,9,12H,7-8H2,1-3H3,(H,24,28)(H2,26,27,29,30). The van der Waals surface area contributed by atoms with Crippen LogP contribution in [0.25, 0.3) is 10.2 Å². The zero-order valence-corrected chi connectivity index (χ0v) is 18.1. The summed E-state index contributed by atoms with van der Waals surface area (Å²) in [6.07, 6.45) is 2.24. The van der Waals surface area contributed by atoms with Gasteiger partial charge in [-0.1, -0.05) is 12.1 Å². The molecule has 3 aromatic rings. The van der Waals surface area contributed by atoms with Crippen molar-refractivity contribution in [3.63, 3.8) is 0 Å². The number of hydrogen-bond acceptors (Lipinski definition) is 6. The lowest BCUT2D eigenvalue weighted by Gasteiger charge is -2.21. The molecule has 0 radical (unpaired) electrons. The van der Waals surface area contributed by atoms with Crippen LogP contribution in [0.5, 0.6) is 0 Å². The fraction of sp³-hybridized carbons (Fsp3) is 0.318. The van der Waals surface area contributed by atoms with E-state index in [1.165, 1.54) is 11.3 Å². The maximum absolute atomic E-state index is 13.1. The molecule has 1 atom stereocenters. The van der Waals surface area contributed by atoms with Crippen molar-refractivity contribution >= 4 is 45.1 Å². The molecule has 2 aliphatic rings. The number of fused-ring (bicyclic) bond motifs is 1. The van der Waals surface area contributed by atoms with E-state index in [1.807, 2.05) is 13.8 Å². The number of nitrogens with zero attached hydrogens (tertiary/aromatic N) is 2. The second kappa shape index (κ2) is 6.84. The Morgan fingerprint density at radius 3 is 2.68 bits per heavy atom. The molecule has 1 unspecified atom stereocenters. The van der Waals surface area contributed by atoms with Gasteiger partial charge in [0.15, 0.2) is 0 Å². The molecule has 4 amide bonds. The molecule has 2 fully saturated rings. The summed E-state index contributed by atoms with van der Waals surface area (Å²) in [5, 5.41) is 8.74. The zero-order chi connectivity index (χ0) is 21.9. The Morgan fingerprint density at radius 2 is 2.00 bits per heavy atom. The van der Waals surface area contributed by atoms with Gasteiger partial charge >= 0.3 is 6.03 Å². The highest BCUT2D eigenvalue weighted by Crippen LogP contribution is 2.40. The molecule has 2 aromatic heterocycles. The number of benzene rings is 1. The summed E-state index contributed by atoms with van der Waals surface area (Å²) in [6, 6.07) is 6.39. The van der Waals surface area contributed by atoms with Crippen LogP contribution in [0.1, 0.15) is 58.0 Å². The fourth-order valence-electron chi connectivity index (χ4n) is 3.94. The summed E-state index contributed by atoms with van der Waals surface area (Å²) in [6.45, 7) is 5.50. The molecule has 158 valence electrons.